The summed E-state index contributed by atoms with van der Waals surface area (Å²) < 4.78 is 4.94. The van der Waals surface area contributed by atoms with Crippen molar-refractivity contribution < 1.29 is 38.7 Å². The highest BCUT2D eigenvalue weighted by molar-refractivity contribution is 6.01. The van der Waals surface area contributed by atoms with Gasteiger partial charge in [0.25, 0.3) is 17.7 Å². The molecule has 2 saturated heterocycles. The van der Waals surface area contributed by atoms with Crippen LogP contribution in [0, 0.1) is 16.7 Å². The minimum absolute atomic E-state index is 0.0134. The van der Waals surface area contributed by atoms with E-state index in [-0.39, 0.29) is 38.0 Å². The molecular formula is C19H24N4O8. The third kappa shape index (κ3) is 6.18. The zero-order valence-corrected chi connectivity index (χ0v) is 17.5. The minimum atomic E-state index is -1.34. The molecule has 0 aromatic rings. The molecule has 31 heavy (non-hydrogen) atoms. The van der Waals surface area contributed by atoms with E-state index in [4.69, 9.17) is 4.74 Å². The molecule has 2 rings (SSSR count). The van der Waals surface area contributed by atoms with E-state index in [1.54, 1.807) is 0 Å². The fraction of sp³-hybridized carbons (Fsp3) is 0.579. The van der Waals surface area contributed by atoms with Crippen LogP contribution < -0.4 is 0 Å². The second-order valence-corrected chi connectivity index (χ2v) is 8.15. The second-order valence-electron chi connectivity index (χ2n) is 8.15. The zero-order valence-electron chi connectivity index (χ0n) is 17.5. The summed E-state index contributed by atoms with van der Waals surface area (Å²) >= 11 is 0. The fourth-order valence-corrected chi connectivity index (χ4v) is 3.09. The largest absolute Gasteiger partial charge is 0.534 e. The zero-order chi connectivity index (χ0) is 23.3. The second kappa shape index (κ2) is 9.46. The van der Waals surface area contributed by atoms with Gasteiger partial charge in [-0.2, -0.15) is 5.26 Å². The number of imide groups is 1. The standard InChI is InChI=1S/C19H24N4O8/c1-19(2,3)8-12(9-20)16(26)22-7-6-21(17(27)28)10-13(22)11-30-18(29)31-23-14(24)4-5-15(23)25/h8,13H,4-7,10-11H2,1-3H3,(H,27,28)/b12-8+/t13-/m1/s1. The molecule has 0 radical (unpaired) electrons. The molecule has 168 valence electrons. The van der Waals surface area contributed by atoms with Crippen molar-refractivity contribution in [3.05, 3.63) is 11.6 Å². The Labute approximate surface area is 178 Å². The average molecular weight is 436 g/mol. The van der Waals surface area contributed by atoms with Crippen molar-refractivity contribution in [3.63, 3.8) is 0 Å². The number of hydrogen-bond acceptors (Lipinski definition) is 8. The first kappa shape index (κ1) is 23.7. The number of carboxylic acid groups (broad SMARTS) is 1. The summed E-state index contributed by atoms with van der Waals surface area (Å²) in [6.07, 6.45) is -1.20. The van der Waals surface area contributed by atoms with Gasteiger partial charge in [0.15, 0.2) is 0 Å². The van der Waals surface area contributed by atoms with Crippen LogP contribution in [0.4, 0.5) is 9.59 Å². The van der Waals surface area contributed by atoms with Crippen LogP contribution >= 0.6 is 0 Å². The smallest absolute Gasteiger partial charge is 0.465 e. The van der Waals surface area contributed by atoms with Crippen LogP contribution in [-0.2, 0) is 24.0 Å². The molecule has 2 heterocycles. The van der Waals surface area contributed by atoms with E-state index in [1.807, 2.05) is 26.8 Å². The molecule has 0 aliphatic carbocycles. The summed E-state index contributed by atoms with van der Waals surface area (Å²) in [5, 5.41) is 19.0. The average Bonchev–Trinajstić information content (AvgIpc) is 3.01. The quantitative estimate of drug-likeness (QED) is 0.292. The molecule has 2 aliphatic rings. The molecule has 0 aromatic heterocycles. The summed E-state index contributed by atoms with van der Waals surface area (Å²) in [7, 11) is 0. The number of piperazine rings is 1. The predicted molar refractivity (Wildman–Crippen MR) is 102 cm³/mol. The van der Waals surface area contributed by atoms with E-state index in [0.29, 0.717) is 5.06 Å². The molecule has 1 N–H and O–H groups in total. The highest BCUT2D eigenvalue weighted by Gasteiger charge is 2.37. The van der Waals surface area contributed by atoms with Crippen molar-refractivity contribution in [1.82, 2.24) is 14.9 Å². The lowest BCUT2D eigenvalue weighted by atomic mass is 9.93. The van der Waals surface area contributed by atoms with Crippen LogP contribution in [0.3, 0.4) is 0 Å². The van der Waals surface area contributed by atoms with Gasteiger partial charge in [-0.15, -0.1) is 0 Å². The number of carbonyl (C=O) groups is 5. The first-order valence-electron chi connectivity index (χ1n) is 9.55. The number of nitrogens with zero attached hydrogens (tertiary/aromatic N) is 4. The summed E-state index contributed by atoms with van der Waals surface area (Å²) in [5.74, 6) is -1.98. The van der Waals surface area contributed by atoms with E-state index in [0.717, 1.165) is 4.90 Å². The summed E-state index contributed by atoms with van der Waals surface area (Å²) in [5.41, 5.74) is -0.564. The Kier molecular flexibility index (Phi) is 7.22. The van der Waals surface area contributed by atoms with Crippen molar-refractivity contribution in [2.45, 2.75) is 39.7 Å². The predicted octanol–water partition coefficient (Wildman–Crippen LogP) is 0.890. The first-order chi connectivity index (χ1) is 14.4. The van der Waals surface area contributed by atoms with Crippen LogP contribution in [-0.4, -0.2) is 82.2 Å². The molecule has 12 heteroatoms. The molecule has 12 nitrogen and oxygen atoms in total. The lowest BCUT2D eigenvalue weighted by Gasteiger charge is -2.39. The van der Waals surface area contributed by atoms with Crippen LogP contribution in [0.25, 0.3) is 0 Å². The third-order valence-electron chi connectivity index (χ3n) is 4.51. The number of amides is 4. The molecule has 0 bridgehead atoms. The summed E-state index contributed by atoms with van der Waals surface area (Å²) in [6.45, 7) is 4.84. The third-order valence-corrected chi connectivity index (χ3v) is 4.51. The van der Waals surface area contributed by atoms with Crippen molar-refractivity contribution in [3.8, 4) is 6.07 Å². The normalized spacial score (nSPS) is 19.9. The van der Waals surface area contributed by atoms with Gasteiger partial charge in [-0.05, 0) is 5.41 Å². The van der Waals surface area contributed by atoms with Crippen molar-refractivity contribution >= 4 is 30.0 Å². The van der Waals surface area contributed by atoms with Crippen molar-refractivity contribution in [2.75, 3.05) is 26.2 Å². The molecule has 0 aromatic carbocycles. The molecule has 1 atom stereocenters. The monoisotopic (exact) mass is 436 g/mol. The van der Waals surface area contributed by atoms with Gasteiger partial charge in [0.05, 0.1) is 6.04 Å². The number of nitriles is 1. The summed E-state index contributed by atoms with van der Waals surface area (Å²) in [4.78, 5) is 66.1. The highest BCUT2D eigenvalue weighted by atomic mass is 16.8. The molecule has 2 aliphatic heterocycles. The Morgan fingerprint density at radius 1 is 1.19 bits per heavy atom. The Morgan fingerprint density at radius 3 is 2.32 bits per heavy atom. The maximum absolute atomic E-state index is 12.9. The number of allylic oxidation sites excluding steroid dienone is 1. The fourth-order valence-electron chi connectivity index (χ4n) is 3.09. The molecule has 0 saturated carbocycles. The Bertz CT molecular complexity index is 838. The number of rotatable bonds is 4. The number of hydrogen-bond donors (Lipinski definition) is 1. The number of hydroxylamine groups is 2. The maximum atomic E-state index is 12.9. The molecule has 0 spiro atoms. The van der Waals surface area contributed by atoms with Gasteiger partial charge in [-0.1, -0.05) is 31.9 Å². The lowest BCUT2D eigenvalue weighted by Crippen LogP contribution is -2.58. The van der Waals surface area contributed by atoms with Gasteiger partial charge in [-0.3, -0.25) is 19.2 Å². The maximum Gasteiger partial charge on any atom is 0.534 e. The number of carbonyl (C=O) groups excluding carboxylic acids is 4. The van der Waals surface area contributed by atoms with Crippen molar-refractivity contribution in [1.29, 1.82) is 5.26 Å². The van der Waals surface area contributed by atoms with E-state index in [1.165, 1.54) is 11.0 Å². The Hall–Kier alpha value is -3.62. The molecule has 4 amide bonds. The van der Waals surface area contributed by atoms with Crippen LogP contribution in [0.2, 0.25) is 0 Å². The molecule has 0 unspecified atom stereocenters. The van der Waals surface area contributed by atoms with Crippen LogP contribution in [0.15, 0.2) is 11.6 Å². The van der Waals surface area contributed by atoms with E-state index < -0.39 is 48.0 Å². The lowest BCUT2D eigenvalue weighted by molar-refractivity contribution is -0.177. The van der Waals surface area contributed by atoms with Crippen LogP contribution in [0.1, 0.15) is 33.6 Å². The van der Waals surface area contributed by atoms with Gasteiger partial charge in [0.1, 0.15) is 18.2 Å². The van der Waals surface area contributed by atoms with Gasteiger partial charge in [-0.25, -0.2) is 9.59 Å². The summed E-state index contributed by atoms with van der Waals surface area (Å²) in [6, 6.07) is 0.962. The first-order valence-corrected chi connectivity index (χ1v) is 9.55. The Balaban J connectivity index is 2.11. The van der Waals surface area contributed by atoms with E-state index in [2.05, 4.69) is 4.84 Å². The highest BCUT2D eigenvalue weighted by Crippen LogP contribution is 2.21. The minimum Gasteiger partial charge on any atom is -0.465 e. The van der Waals surface area contributed by atoms with Gasteiger partial charge < -0.3 is 19.6 Å². The number of ether oxygens (including phenoxy) is 1. The Morgan fingerprint density at radius 2 is 1.81 bits per heavy atom. The van der Waals surface area contributed by atoms with E-state index >= 15 is 0 Å². The van der Waals surface area contributed by atoms with Crippen molar-refractivity contribution in [2.24, 2.45) is 5.41 Å². The van der Waals surface area contributed by atoms with E-state index in [9.17, 15) is 34.3 Å². The van der Waals surface area contributed by atoms with Gasteiger partial charge >= 0.3 is 12.2 Å². The topological polar surface area (TPSA) is 158 Å². The molecular weight excluding hydrogens is 412 g/mol. The van der Waals surface area contributed by atoms with Crippen LogP contribution in [0.5, 0.6) is 0 Å². The SMILES string of the molecule is CC(C)(C)/C=C(\C#N)C(=O)N1CCN(C(=O)O)C[C@@H]1COC(=O)ON1C(=O)CCC1=O. The molecule has 2 fully saturated rings. The van der Waals surface area contributed by atoms with Gasteiger partial charge in [0, 0.05) is 32.5 Å². The van der Waals surface area contributed by atoms with Gasteiger partial charge in [0.2, 0.25) is 0 Å².